The predicted molar refractivity (Wildman–Crippen MR) is 78.6 cm³/mol. The minimum Gasteiger partial charge on any atom is -0.508 e. The van der Waals surface area contributed by atoms with Crippen molar-refractivity contribution in [1.29, 1.82) is 0 Å². The molecule has 2 aromatic carbocycles. The average molecular weight is 286 g/mol. The molecule has 0 unspecified atom stereocenters. The summed E-state index contributed by atoms with van der Waals surface area (Å²) < 4.78 is 0. The Bertz CT molecular complexity index is 726. The van der Waals surface area contributed by atoms with Crippen LogP contribution < -0.4 is 5.32 Å². The van der Waals surface area contributed by atoms with E-state index in [4.69, 9.17) is 0 Å². The van der Waals surface area contributed by atoms with E-state index in [1.807, 2.05) is 0 Å². The van der Waals surface area contributed by atoms with Gasteiger partial charge in [0.15, 0.2) is 0 Å². The number of nitrogens with one attached hydrogen (secondary N) is 1. The van der Waals surface area contributed by atoms with Gasteiger partial charge < -0.3 is 10.4 Å². The van der Waals surface area contributed by atoms with Gasteiger partial charge in [-0.05, 0) is 43.7 Å². The molecule has 2 aromatic rings. The lowest BCUT2D eigenvalue weighted by Gasteiger charge is -2.07. The van der Waals surface area contributed by atoms with Gasteiger partial charge in [0.25, 0.3) is 11.6 Å². The fraction of sp³-hybridized carbons (Fsp3) is 0.133. The first-order chi connectivity index (χ1) is 9.88. The Labute approximate surface area is 121 Å². The zero-order chi connectivity index (χ0) is 15.6. The Morgan fingerprint density at radius 1 is 1.14 bits per heavy atom. The van der Waals surface area contributed by atoms with Crippen LogP contribution in [0, 0.1) is 24.0 Å². The molecular weight excluding hydrogens is 272 g/mol. The average Bonchev–Trinajstić information content (AvgIpc) is 2.43. The number of phenols is 1. The Morgan fingerprint density at radius 2 is 1.86 bits per heavy atom. The van der Waals surface area contributed by atoms with Crippen LogP contribution in [0.3, 0.4) is 0 Å². The molecule has 6 nitrogen and oxygen atoms in total. The molecule has 21 heavy (non-hydrogen) atoms. The van der Waals surface area contributed by atoms with Gasteiger partial charge in [-0.1, -0.05) is 6.07 Å². The van der Waals surface area contributed by atoms with Crippen molar-refractivity contribution in [3.05, 3.63) is 63.2 Å². The molecule has 0 spiro atoms. The van der Waals surface area contributed by atoms with E-state index in [0.717, 1.165) is 0 Å². The van der Waals surface area contributed by atoms with Crippen molar-refractivity contribution in [3.8, 4) is 5.75 Å². The number of nitro benzene ring substituents is 1. The van der Waals surface area contributed by atoms with Crippen LogP contribution in [-0.2, 0) is 0 Å². The number of nitrogens with zero attached hydrogens (tertiary/aromatic N) is 1. The molecule has 0 saturated heterocycles. The summed E-state index contributed by atoms with van der Waals surface area (Å²) in [5, 5.41) is 22.9. The van der Waals surface area contributed by atoms with Gasteiger partial charge in [-0.3, -0.25) is 14.9 Å². The lowest BCUT2D eigenvalue weighted by atomic mass is 10.1. The maximum absolute atomic E-state index is 12.1. The number of benzene rings is 2. The van der Waals surface area contributed by atoms with Crippen LogP contribution >= 0.6 is 0 Å². The third-order valence-corrected chi connectivity index (χ3v) is 3.12. The third-order valence-electron chi connectivity index (χ3n) is 3.12. The summed E-state index contributed by atoms with van der Waals surface area (Å²) >= 11 is 0. The molecule has 0 radical (unpaired) electrons. The van der Waals surface area contributed by atoms with Gasteiger partial charge in [0.2, 0.25) is 0 Å². The smallest absolute Gasteiger partial charge is 0.274 e. The largest absolute Gasteiger partial charge is 0.508 e. The minimum absolute atomic E-state index is 0.0466. The normalized spacial score (nSPS) is 10.2. The molecule has 0 aliphatic rings. The Balaban J connectivity index is 2.25. The maximum atomic E-state index is 12.1. The van der Waals surface area contributed by atoms with Gasteiger partial charge in [0.05, 0.1) is 4.92 Å². The quantitative estimate of drug-likeness (QED) is 0.669. The number of aromatic hydroxyl groups is 1. The van der Waals surface area contributed by atoms with Crippen molar-refractivity contribution in [3.63, 3.8) is 0 Å². The van der Waals surface area contributed by atoms with Gasteiger partial charge in [-0.25, -0.2) is 0 Å². The van der Waals surface area contributed by atoms with E-state index < -0.39 is 10.8 Å². The van der Waals surface area contributed by atoms with Crippen LogP contribution in [0.15, 0.2) is 36.4 Å². The number of phenolic OH excluding ortho intramolecular Hbond substituents is 1. The van der Waals surface area contributed by atoms with E-state index in [1.165, 1.54) is 18.2 Å². The molecule has 0 fully saturated rings. The number of hydrogen-bond donors (Lipinski definition) is 2. The second-order valence-electron chi connectivity index (χ2n) is 4.71. The molecule has 0 saturated carbocycles. The van der Waals surface area contributed by atoms with E-state index in [-0.39, 0.29) is 11.4 Å². The SMILES string of the molecule is Cc1cc(C(=O)Nc2ccc(C)c([N+](=O)[O-])c2)ccc1O. The van der Waals surface area contributed by atoms with Crippen LogP contribution in [0.4, 0.5) is 11.4 Å². The number of hydrogen-bond acceptors (Lipinski definition) is 4. The number of carbonyl (C=O) groups is 1. The molecule has 6 heteroatoms. The van der Waals surface area contributed by atoms with Crippen molar-refractivity contribution in [1.82, 2.24) is 0 Å². The highest BCUT2D eigenvalue weighted by atomic mass is 16.6. The molecule has 2 N–H and O–H groups in total. The summed E-state index contributed by atoms with van der Waals surface area (Å²) in [7, 11) is 0. The van der Waals surface area contributed by atoms with Crippen LogP contribution in [0.5, 0.6) is 5.75 Å². The van der Waals surface area contributed by atoms with Crippen molar-refractivity contribution in [2.45, 2.75) is 13.8 Å². The molecule has 0 heterocycles. The molecule has 0 aromatic heterocycles. The molecule has 2 rings (SSSR count). The highest BCUT2D eigenvalue weighted by molar-refractivity contribution is 6.04. The predicted octanol–water partition coefficient (Wildman–Crippen LogP) is 3.17. The van der Waals surface area contributed by atoms with E-state index in [1.54, 1.807) is 32.0 Å². The minimum atomic E-state index is -0.490. The number of aryl methyl sites for hydroxylation is 2. The Hall–Kier alpha value is -2.89. The Morgan fingerprint density at radius 3 is 2.48 bits per heavy atom. The Kier molecular flexibility index (Phi) is 3.89. The summed E-state index contributed by atoms with van der Waals surface area (Å²) in [4.78, 5) is 22.5. The van der Waals surface area contributed by atoms with Crippen molar-refractivity contribution in [2.24, 2.45) is 0 Å². The van der Waals surface area contributed by atoms with Crippen LogP contribution in [0.25, 0.3) is 0 Å². The second kappa shape index (κ2) is 5.62. The first-order valence-electron chi connectivity index (χ1n) is 6.24. The highest BCUT2D eigenvalue weighted by Gasteiger charge is 2.13. The summed E-state index contributed by atoms with van der Waals surface area (Å²) in [6, 6.07) is 8.97. The zero-order valence-corrected chi connectivity index (χ0v) is 11.6. The second-order valence-corrected chi connectivity index (χ2v) is 4.71. The summed E-state index contributed by atoms with van der Waals surface area (Å²) in [5.41, 5.74) is 1.78. The van der Waals surface area contributed by atoms with E-state index in [0.29, 0.717) is 22.4 Å². The standard InChI is InChI=1S/C15H14N2O4/c1-9-3-5-12(8-13(9)17(20)21)16-15(19)11-4-6-14(18)10(2)7-11/h3-8,18H,1-2H3,(H,16,19). The lowest BCUT2D eigenvalue weighted by molar-refractivity contribution is -0.385. The topological polar surface area (TPSA) is 92.5 Å². The monoisotopic (exact) mass is 286 g/mol. The van der Waals surface area contributed by atoms with Gasteiger partial charge >= 0.3 is 0 Å². The van der Waals surface area contributed by atoms with Crippen molar-refractivity contribution >= 4 is 17.3 Å². The third kappa shape index (κ3) is 3.17. The highest BCUT2D eigenvalue weighted by Crippen LogP contribution is 2.23. The summed E-state index contributed by atoms with van der Waals surface area (Å²) in [6.07, 6.45) is 0. The number of amides is 1. The van der Waals surface area contributed by atoms with Crippen LogP contribution in [-0.4, -0.2) is 15.9 Å². The van der Waals surface area contributed by atoms with Gasteiger partial charge in [0.1, 0.15) is 5.75 Å². The number of carbonyl (C=O) groups excluding carboxylic acids is 1. The summed E-state index contributed by atoms with van der Waals surface area (Å²) in [6.45, 7) is 3.32. The van der Waals surface area contributed by atoms with Crippen molar-refractivity contribution < 1.29 is 14.8 Å². The van der Waals surface area contributed by atoms with Crippen LogP contribution in [0.1, 0.15) is 21.5 Å². The maximum Gasteiger partial charge on any atom is 0.274 e. The van der Waals surface area contributed by atoms with E-state index in [9.17, 15) is 20.0 Å². The molecule has 0 aliphatic heterocycles. The molecule has 0 aliphatic carbocycles. The number of nitro groups is 1. The number of rotatable bonds is 3. The van der Waals surface area contributed by atoms with E-state index in [2.05, 4.69) is 5.32 Å². The fourth-order valence-electron chi connectivity index (χ4n) is 1.88. The molecule has 1 amide bonds. The van der Waals surface area contributed by atoms with Crippen LogP contribution in [0.2, 0.25) is 0 Å². The molecule has 0 atom stereocenters. The van der Waals surface area contributed by atoms with Gasteiger partial charge in [-0.15, -0.1) is 0 Å². The fourth-order valence-corrected chi connectivity index (χ4v) is 1.88. The first kappa shape index (κ1) is 14.5. The number of anilines is 1. The summed E-state index contributed by atoms with van der Waals surface area (Å²) in [5.74, 6) is -0.284. The molecule has 108 valence electrons. The zero-order valence-electron chi connectivity index (χ0n) is 11.6. The van der Waals surface area contributed by atoms with Gasteiger partial charge in [0, 0.05) is 22.9 Å². The van der Waals surface area contributed by atoms with Crippen molar-refractivity contribution in [2.75, 3.05) is 5.32 Å². The van der Waals surface area contributed by atoms with Gasteiger partial charge in [-0.2, -0.15) is 0 Å². The lowest BCUT2D eigenvalue weighted by Crippen LogP contribution is -2.12. The first-order valence-corrected chi connectivity index (χ1v) is 6.24. The van der Waals surface area contributed by atoms with E-state index >= 15 is 0 Å². The molecule has 0 bridgehead atoms. The molecular formula is C15H14N2O4.